The standard InChI is InChI=1S/C16H21N3O2/c1-3-10-17-15(20)14-5-4-11-19(14)16(21)18-13-8-6-12(2)7-9-13/h3,6-9,14H,1,4-5,10-11H2,2H3,(H,17,20)(H,18,21)/t14-/m0/s1. The lowest BCUT2D eigenvalue weighted by Crippen LogP contribution is -2.47. The molecule has 0 bridgehead atoms. The molecule has 1 fully saturated rings. The Kier molecular flexibility index (Phi) is 4.98. The van der Waals surface area contributed by atoms with E-state index in [2.05, 4.69) is 17.2 Å². The van der Waals surface area contributed by atoms with E-state index in [0.29, 0.717) is 19.5 Å². The van der Waals surface area contributed by atoms with Gasteiger partial charge in [0.25, 0.3) is 0 Å². The van der Waals surface area contributed by atoms with E-state index in [4.69, 9.17) is 0 Å². The van der Waals surface area contributed by atoms with Gasteiger partial charge in [0, 0.05) is 18.8 Å². The Balaban J connectivity index is 1.98. The van der Waals surface area contributed by atoms with Crippen molar-refractivity contribution in [3.05, 3.63) is 42.5 Å². The molecule has 1 aliphatic rings. The van der Waals surface area contributed by atoms with Crippen molar-refractivity contribution >= 4 is 17.6 Å². The van der Waals surface area contributed by atoms with Gasteiger partial charge in [-0.3, -0.25) is 4.79 Å². The van der Waals surface area contributed by atoms with E-state index in [-0.39, 0.29) is 11.9 Å². The van der Waals surface area contributed by atoms with Crippen molar-refractivity contribution in [2.75, 3.05) is 18.4 Å². The predicted octanol–water partition coefficient (Wildman–Crippen LogP) is 2.29. The maximum Gasteiger partial charge on any atom is 0.322 e. The lowest BCUT2D eigenvalue weighted by molar-refractivity contribution is -0.124. The number of hydrogen-bond acceptors (Lipinski definition) is 2. The Bertz CT molecular complexity index is 525. The fourth-order valence-corrected chi connectivity index (χ4v) is 2.41. The van der Waals surface area contributed by atoms with Crippen molar-refractivity contribution < 1.29 is 9.59 Å². The third-order valence-corrected chi connectivity index (χ3v) is 3.54. The van der Waals surface area contributed by atoms with Gasteiger partial charge in [0.05, 0.1) is 0 Å². The zero-order valence-electron chi connectivity index (χ0n) is 12.3. The van der Waals surface area contributed by atoms with Gasteiger partial charge in [-0.05, 0) is 31.9 Å². The van der Waals surface area contributed by atoms with Crippen LogP contribution in [0.25, 0.3) is 0 Å². The molecule has 0 unspecified atom stereocenters. The van der Waals surface area contributed by atoms with Crippen LogP contribution in [0.3, 0.4) is 0 Å². The van der Waals surface area contributed by atoms with Gasteiger partial charge >= 0.3 is 6.03 Å². The highest BCUT2D eigenvalue weighted by molar-refractivity contribution is 5.94. The average Bonchev–Trinajstić information content (AvgIpc) is 2.96. The van der Waals surface area contributed by atoms with Crippen molar-refractivity contribution in [3.8, 4) is 0 Å². The Morgan fingerprint density at radius 2 is 2.10 bits per heavy atom. The minimum absolute atomic E-state index is 0.119. The van der Waals surface area contributed by atoms with Crippen LogP contribution in [0.4, 0.5) is 10.5 Å². The molecule has 112 valence electrons. The first-order valence-electron chi connectivity index (χ1n) is 7.14. The molecule has 5 nitrogen and oxygen atoms in total. The van der Waals surface area contributed by atoms with E-state index >= 15 is 0 Å². The summed E-state index contributed by atoms with van der Waals surface area (Å²) in [6, 6.07) is 6.97. The van der Waals surface area contributed by atoms with Crippen LogP contribution in [-0.4, -0.2) is 36.0 Å². The van der Waals surface area contributed by atoms with E-state index in [1.807, 2.05) is 31.2 Å². The molecule has 2 N–H and O–H groups in total. The molecule has 3 amide bonds. The number of likely N-dealkylation sites (tertiary alicyclic amines) is 1. The molecule has 0 spiro atoms. The molecule has 1 heterocycles. The maximum atomic E-state index is 12.3. The number of aryl methyl sites for hydroxylation is 1. The van der Waals surface area contributed by atoms with Gasteiger partial charge in [-0.2, -0.15) is 0 Å². The highest BCUT2D eigenvalue weighted by Crippen LogP contribution is 2.19. The summed E-state index contributed by atoms with van der Waals surface area (Å²) in [6.07, 6.45) is 3.17. The summed E-state index contributed by atoms with van der Waals surface area (Å²) in [5.74, 6) is -0.119. The molecule has 21 heavy (non-hydrogen) atoms. The van der Waals surface area contributed by atoms with Crippen molar-refractivity contribution in [2.24, 2.45) is 0 Å². The average molecular weight is 287 g/mol. The van der Waals surface area contributed by atoms with Crippen molar-refractivity contribution in [2.45, 2.75) is 25.8 Å². The molecule has 1 saturated heterocycles. The molecule has 1 aromatic carbocycles. The fraction of sp³-hybridized carbons (Fsp3) is 0.375. The number of carbonyl (C=O) groups excluding carboxylic acids is 2. The molecular weight excluding hydrogens is 266 g/mol. The van der Waals surface area contributed by atoms with Gasteiger partial charge in [-0.25, -0.2) is 4.79 Å². The summed E-state index contributed by atoms with van der Waals surface area (Å²) in [6.45, 7) is 6.58. The van der Waals surface area contributed by atoms with Gasteiger partial charge in [0.1, 0.15) is 6.04 Å². The molecule has 1 atom stereocenters. The number of hydrogen-bond donors (Lipinski definition) is 2. The second-order valence-electron chi connectivity index (χ2n) is 5.18. The number of urea groups is 1. The Hall–Kier alpha value is -2.30. The number of anilines is 1. The zero-order valence-corrected chi connectivity index (χ0v) is 12.3. The van der Waals surface area contributed by atoms with Crippen LogP contribution < -0.4 is 10.6 Å². The van der Waals surface area contributed by atoms with Crippen LogP contribution in [0.15, 0.2) is 36.9 Å². The van der Waals surface area contributed by atoms with Crippen LogP contribution in [0.2, 0.25) is 0 Å². The normalized spacial score (nSPS) is 17.4. The van der Waals surface area contributed by atoms with E-state index in [1.54, 1.807) is 11.0 Å². The first kappa shape index (κ1) is 15.1. The maximum absolute atomic E-state index is 12.3. The molecule has 2 rings (SSSR count). The number of rotatable bonds is 4. The second kappa shape index (κ2) is 6.92. The summed E-state index contributed by atoms with van der Waals surface area (Å²) in [7, 11) is 0. The molecule has 1 aromatic rings. The highest BCUT2D eigenvalue weighted by atomic mass is 16.2. The summed E-state index contributed by atoms with van der Waals surface area (Å²) in [5.41, 5.74) is 1.87. The van der Waals surface area contributed by atoms with Crippen molar-refractivity contribution in [1.82, 2.24) is 10.2 Å². The second-order valence-corrected chi connectivity index (χ2v) is 5.18. The van der Waals surface area contributed by atoms with Gasteiger partial charge in [0.15, 0.2) is 0 Å². The highest BCUT2D eigenvalue weighted by Gasteiger charge is 2.33. The predicted molar refractivity (Wildman–Crippen MR) is 83.1 cm³/mol. The fourth-order valence-electron chi connectivity index (χ4n) is 2.41. The van der Waals surface area contributed by atoms with E-state index in [1.165, 1.54) is 0 Å². The van der Waals surface area contributed by atoms with Crippen LogP contribution >= 0.6 is 0 Å². The minimum atomic E-state index is -0.393. The topological polar surface area (TPSA) is 61.4 Å². The minimum Gasteiger partial charge on any atom is -0.351 e. The third kappa shape index (κ3) is 3.84. The van der Waals surface area contributed by atoms with E-state index in [9.17, 15) is 9.59 Å². The first-order chi connectivity index (χ1) is 10.1. The molecule has 1 aliphatic heterocycles. The number of nitrogens with one attached hydrogen (secondary N) is 2. The van der Waals surface area contributed by atoms with Crippen LogP contribution in [0, 0.1) is 6.92 Å². The first-order valence-corrected chi connectivity index (χ1v) is 7.14. The number of nitrogens with zero attached hydrogens (tertiary/aromatic N) is 1. The summed E-state index contributed by atoms with van der Waals surface area (Å²) >= 11 is 0. The Labute approximate surface area is 125 Å². The lowest BCUT2D eigenvalue weighted by atomic mass is 10.2. The van der Waals surface area contributed by atoms with Crippen molar-refractivity contribution in [3.63, 3.8) is 0 Å². The van der Waals surface area contributed by atoms with E-state index in [0.717, 1.165) is 17.7 Å². The number of carbonyl (C=O) groups is 2. The van der Waals surface area contributed by atoms with Gasteiger partial charge < -0.3 is 15.5 Å². The van der Waals surface area contributed by atoms with Crippen LogP contribution in [0.5, 0.6) is 0 Å². The van der Waals surface area contributed by atoms with Gasteiger partial charge in [0.2, 0.25) is 5.91 Å². The Morgan fingerprint density at radius 1 is 1.38 bits per heavy atom. The molecule has 0 aliphatic carbocycles. The molecular formula is C16H21N3O2. The number of amides is 3. The van der Waals surface area contributed by atoms with Crippen LogP contribution in [0.1, 0.15) is 18.4 Å². The smallest absolute Gasteiger partial charge is 0.322 e. The number of benzene rings is 1. The Morgan fingerprint density at radius 3 is 2.76 bits per heavy atom. The van der Waals surface area contributed by atoms with Crippen molar-refractivity contribution in [1.29, 1.82) is 0 Å². The largest absolute Gasteiger partial charge is 0.351 e. The molecule has 0 aromatic heterocycles. The summed E-state index contributed by atoms with van der Waals surface area (Å²) in [4.78, 5) is 25.9. The quantitative estimate of drug-likeness (QED) is 0.835. The molecule has 0 radical (unpaired) electrons. The lowest BCUT2D eigenvalue weighted by Gasteiger charge is -2.24. The van der Waals surface area contributed by atoms with Gasteiger partial charge in [-0.15, -0.1) is 6.58 Å². The molecule has 5 heteroatoms. The van der Waals surface area contributed by atoms with E-state index < -0.39 is 6.04 Å². The summed E-state index contributed by atoms with van der Waals surface area (Å²) < 4.78 is 0. The summed E-state index contributed by atoms with van der Waals surface area (Å²) in [5, 5.41) is 5.59. The van der Waals surface area contributed by atoms with Crippen LogP contribution in [-0.2, 0) is 4.79 Å². The zero-order chi connectivity index (χ0) is 15.2. The third-order valence-electron chi connectivity index (χ3n) is 3.54. The monoisotopic (exact) mass is 287 g/mol. The SMILES string of the molecule is C=CCNC(=O)[C@@H]1CCCN1C(=O)Nc1ccc(C)cc1. The van der Waals surface area contributed by atoms with Gasteiger partial charge in [-0.1, -0.05) is 23.8 Å². The molecule has 0 saturated carbocycles.